The summed E-state index contributed by atoms with van der Waals surface area (Å²) in [7, 11) is 0. The van der Waals surface area contributed by atoms with E-state index in [9.17, 15) is 0 Å². The molecule has 0 bridgehead atoms. The SMILES string of the molecule is Nc1ccnc(NCc2ncc[nH]2)c1. The van der Waals surface area contributed by atoms with E-state index in [1.165, 1.54) is 0 Å². The number of hydrogen-bond acceptors (Lipinski definition) is 4. The Hall–Kier alpha value is -2.04. The van der Waals surface area contributed by atoms with Crippen molar-refractivity contribution in [2.75, 3.05) is 11.1 Å². The smallest absolute Gasteiger partial charge is 0.128 e. The average Bonchev–Trinajstić information content (AvgIpc) is 2.67. The summed E-state index contributed by atoms with van der Waals surface area (Å²) in [6.07, 6.45) is 5.16. The number of pyridine rings is 1. The van der Waals surface area contributed by atoms with Gasteiger partial charge in [0.25, 0.3) is 0 Å². The Morgan fingerprint density at radius 3 is 3.00 bits per heavy atom. The molecule has 14 heavy (non-hydrogen) atoms. The van der Waals surface area contributed by atoms with Gasteiger partial charge in [-0.2, -0.15) is 0 Å². The van der Waals surface area contributed by atoms with Gasteiger partial charge < -0.3 is 16.0 Å². The molecule has 2 aromatic rings. The third kappa shape index (κ3) is 2.01. The van der Waals surface area contributed by atoms with Crippen molar-refractivity contribution < 1.29 is 0 Å². The largest absolute Gasteiger partial charge is 0.399 e. The van der Waals surface area contributed by atoms with Gasteiger partial charge in [-0.1, -0.05) is 0 Å². The number of aromatic amines is 1. The van der Waals surface area contributed by atoms with Crippen LogP contribution in [0.15, 0.2) is 30.7 Å². The van der Waals surface area contributed by atoms with E-state index in [4.69, 9.17) is 5.73 Å². The van der Waals surface area contributed by atoms with E-state index in [1.54, 1.807) is 30.7 Å². The quantitative estimate of drug-likeness (QED) is 0.673. The zero-order valence-electron chi connectivity index (χ0n) is 7.57. The predicted molar refractivity (Wildman–Crippen MR) is 54.6 cm³/mol. The van der Waals surface area contributed by atoms with Crippen molar-refractivity contribution in [3.63, 3.8) is 0 Å². The number of nitrogens with two attached hydrogens (primary N) is 1. The van der Waals surface area contributed by atoms with Crippen LogP contribution in [0.2, 0.25) is 0 Å². The van der Waals surface area contributed by atoms with E-state index in [-0.39, 0.29) is 0 Å². The number of H-pyrrole nitrogens is 1. The summed E-state index contributed by atoms with van der Waals surface area (Å²) in [5.74, 6) is 1.62. The Bertz CT molecular complexity index is 395. The minimum atomic E-state index is 0.615. The van der Waals surface area contributed by atoms with Gasteiger partial charge in [0.05, 0.1) is 6.54 Å². The molecule has 72 valence electrons. The molecule has 0 aliphatic heterocycles. The minimum Gasteiger partial charge on any atom is -0.399 e. The molecular weight excluding hydrogens is 178 g/mol. The fraction of sp³-hybridized carbons (Fsp3) is 0.111. The number of imidazole rings is 1. The summed E-state index contributed by atoms with van der Waals surface area (Å²) in [6, 6.07) is 3.53. The molecule has 0 fully saturated rings. The molecule has 0 atom stereocenters. The second-order valence-corrected chi connectivity index (χ2v) is 2.86. The van der Waals surface area contributed by atoms with Crippen LogP contribution in [-0.2, 0) is 6.54 Å². The van der Waals surface area contributed by atoms with Crippen LogP contribution < -0.4 is 11.1 Å². The first-order valence-corrected chi connectivity index (χ1v) is 4.28. The Kier molecular flexibility index (Phi) is 2.31. The molecule has 0 amide bonds. The van der Waals surface area contributed by atoms with Gasteiger partial charge in [-0.05, 0) is 6.07 Å². The van der Waals surface area contributed by atoms with Crippen LogP contribution in [0.5, 0.6) is 0 Å². The number of anilines is 2. The topological polar surface area (TPSA) is 79.6 Å². The van der Waals surface area contributed by atoms with Gasteiger partial charge in [0, 0.05) is 30.3 Å². The highest BCUT2D eigenvalue weighted by molar-refractivity contribution is 5.48. The highest BCUT2D eigenvalue weighted by Crippen LogP contribution is 2.08. The molecule has 0 saturated heterocycles. The Morgan fingerprint density at radius 1 is 1.36 bits per heavy atom. The van der Waals surface area contributed by atoms with E-state index in [0.29, 0.717) is 12.2 Å². The lowest BCUT2D eigenvalue weighted by Crippen LogP contribution is -2.03. The molecule has 0 aromatic carbocycles. The number of nitrogens with zero attached hydrogens (tertiary/aromatic N) is 2. The number of rotatable bonds is 3. The first-order chi connectivity index (χ1) is 6.84. The molecule has 0 radical (unpaired) electrons. The van der Waals surface area contributed by atoms with Crippen molar-refractivity contribution in [2.45, 2.75) is 6.54 Å². The molecule has 2 aromatic heterocycles. The van der Waals surface area contributed by atoms with Crippen LogP contribution in [0.3, 0.4) is 0 Å². The summed E-state index contributed by atoms with van der Waals surface area (Å²) in [5.41, 5.74) is 6.30. The Labute approximate surface area is 81.4 Å². The summed E-state index contributed by atoms with van der Waals surface area (Å²) in [4.78, 5) is 11.2. The minimum absolute atomic E-state index is 0.615. The van der Waals surface area contributed by atoms with Gasteiger partial charge in [-0.3, -0.25) is 0 Å². The van der Waals surface area contributed by atoms with Crippen LogP contribution >= 0.6 is 0 Å². The number of hydrogen-bond donors (Lipinski definition) is 3. The van der Waals surface area contributed by atoms with Gasteiger partial charge in [0.15, 0.2) is 0 Å². The fourth-order valence-electron chi connectivity index (χ4n) is 1.11. The van der Waals surface area contributed by atoms with Crippen LogP contribution in [0, 0.1) is 0 Å². The van der Waals surface area contributed by atoms with Crippen LogP contribution in [0.25, 0.3) is 0 Å². The van der Waals surface area contributed by atoms with E-state index in [0.717, 1.165) is 11.6 Å². The van der Waals surface area contributed by atoms with Gasteiger partial charge in [0.2, 0.25) is 0 Å². The van der Waals surface area contributed by atoms with Crippen molar-refractivity contribution in [3.8, 4) is 0 Å². The highest BCUT2D eigenvalue weighted by atomic mass is 15.0. The molecule has 0 aliphatic rings. The lowest BCUT2D eigenvalue weighted by Gasteiger charge is -2.03. The molecule has 5 nitrogen and oxygen atoms in total. The van der Waals surface area contributed by atoms with Crippen LogP contribution in [0.4, 0.5) is 11.5 Å². The zero-order chi connectivity index (χ0) is 9.80. The van der Waals surface area contributed by atoms with Crippen molar-refractivity contribution in [2.24, 2.45) is 0 Å². The summed E-state index contributed by atoms with van der Waals surface area (Å²) >= 11 is 0. The second kappa shape index (κ2) is 3.78. The van der Waals surface area contributed by atoms with E-state index < -0.39 is 0 Å². The molecule has 0 unspecified atom stereocenters. The van der Waals surface area contributed by atoms with Crippen LogP contribution in [0.1, 0.15) is 5.82 Å². The lowest BCUT2D eigenvalue weighted by atomic mass is 10.4. The van der Waals surface area contributed by atoms with Gasteiger partial charge in [-0.25, -0.2) is 9.97 Å². The maximum absolute atomic E-state index is 5.60. The van der Waals surface area contributed by atoms with Crippen molar-refractivity contribution in [3.05, 3.63) is 36.5 Å². The molecular formula is C9H11N5. The number of nitrogens with one attached hydrogen (secondary N) is 2. The molecule has 4 N–H and O–H groups in total. The molecule has 2 heterocycles. The maximum Gasteiger partial charge on any atom is 0.128 e. The standard InChI is InChI=1S/C9H11N5/c10-7-1-2-11-8(5-7)14-6-9-12-3-4-13-9/h1-5H,6H2,(H,12,13)(H3,10,11,14). The summed E-state index contributed by atoms with van der Waals surface area (Å²) in [6.45, 7) is 0.615. The Morgan fingerprint density at radius 2 is 2.29 bits per heavy atom. The van der Waals surface area contributed by atoms with Crippen LogP contribution in [-0.4, -0.2) is 15.0 Å². The molecule has 5 heteroatoms. The molecule has 2 rings (SSSR count). The summed E-state index contributed by atoms with van der Waals surface area (Å²) < 4.78 is 0. The van der Waals surface area contributed by atoms with Gasteiger partial charge >= 0.3 is 0 Å². The van der Waals surface area contributed by atoms with Crippen molar-refractivity contribution in [1.82, 2.24) is 15.0 Å². The highest BCUT2D eigenvalue weighted by Gasteiger charge is 1.96. The first-order valence-electron chi connectivity index (χ1n) is 4.28. The first kappa shape index (κ1) is 8.55. The molecule has 0 spiro atoms. The molecule has 0 aliphatic carbocycles. The Balaban J connectivity index is 1.98. The zero-order valence-corrected chi connectivity index (χ0v) is 7.57. The van der Waals surface area contributed by atoms with E-state index in [1.807, 2.05) is 0 Å². The number of nitrogen functional groups attached to an aromatic ring is 1. The maximum atomic E-state index is 5.60. The predicted octanol–water partition coefficient (Wildman–Crippen LogP) is 0.999. The monoisotopic (exact) mass is 189 g/mol. The van der Waals surface area contributed by atoms with Crippen molar-refractivity contribution in [1.29, 1.82) is 0 Å². The average molecular weight is 189 g/mol. The second-order valence-electron chi connectivity index (χ2n) is 2.86. The van der Waals surface area contributed by atoms with E-state index in [2.05, 4.69) is 20.3 Å². The fourth-order valence-corrected chi connectivity index (χ4v) is 1.11. The normalized spacial score (nSPS) is 10.0. The third-order valence-electron chi connectivity index (χ3n) is 1.78. The molecule has 0 saturated carbocycles. The van der Waals surface area contributed by atoms with E-state index >= 15 is 0 Å². The van der Waals surface area contributed by atoms with Gasteiger partial charge in [0.1, 0.15) is 11.6 Å². The third-order valence-corrected chi connectivity index (χ3v) is 1.78. The summed E-state index contributed by atoms with van der Waals surface area (Å²) in [5, 5.41) is 3.10. The van der Waals surface area contributed by atoms with Gasteiger partial charge in [-0.15, -0.1) is 0 Å². The lowest BCUT2D eigenvalue weighted by molar-refractivity contribution is 0.988. The van der Waals surface area contributed by atoms with Crippen molar-refractivity contribution >= 4 is 11.5 Å². The number of aromatic nitrogens is 3.